The maximum absolute atomic E-state index is 6.19. The Hall–Kier alpha value is -0.150. The van der Waals surface area contributed by atoms with Gasteiger partial charge in [0.15, 0.2) is 11.6 Å². The van der Waals surface area contributed by atoms with Crippen molar-refractivity contribution in [2.75, 3.05) is 26.4 Å². The molecule has 5 nitrogen and oxygen atoms in total. The molecule has 1 aromatic heterocycles. The molecular weight excluding hydrogens is 488 g/mol. The number of rotatable bonds is 4. The zero-order valence-electron chi connectivity index (χ0n) is 23.8. The summed E-state index contributed by atoms with van der Waals surface area (Å²) in [4.78, 5) is 5.31. The lowest BCUT2D eigenvalue weighted by Crippen LogP contribution is -2.51. The summed E-state index contributed by atoms with van der Waals surface area (Å²) in [6.45, 7) is 22.3. The Labute approximate surface area is 221 Å². The van der Waals surface area contributed by atoms with E-state index in [0.29, 0.717) is 0 Å². The van der Waals surface area contributed by atoms with Crippen LogP contribution in [0.25, 0.3) is 0 Å². The normalized spacial score (nSPS) is 30.2. The van der Waals surface area contributed by atoms with Crippen molar-refractivity contribution < 1.29 is 18.9 Å². The van der Waals surface area contributed by atoms with Crippen molar-refractivity contribution >= 4 is 15.8 Å². The molecule has 4 fully saturated rings. The molecule has 0 aliphatic carbocycles. The van der Waals surface area contributed by atoms with Crippen molar-refractivity contribution in [3.63, 3.8) is 0 Å². The second kappa shape index (κ2) is 9.21. The average Bonchev–Trinajstić information content (AvgIpc) is 3.36. The second-order valence-electron chi connectivity index (χ2n) is 14.0. The first-order valence-electron chi connectivity index (χ1n) is 13.7. The standard InChI is InChI=1S/C29H47NO4P2/c1-24(2)18-28(31-12-13-32-28)19-25(3,4)35(24)16-22-10-9-11-23(30-22)17-36-26(5,6)20-29(21-27(36,7)8)33-14-15-34-29/h9-11H,12-21H2,1-8H3. The molecule has 5 rings (SSSR count). The highest BCUT2D eigenvalue weighted by Gasteiger charge is 2.57. The Morgan fingerprint density at radius 2 is 0.889 bits per heavy atom. The molecule has 36 heavy (non-hydrogen) atoms. The van der Waals surface area contributed by atoms with Gasteiger partial charge in [0.25, 0.3) is 0 Å². The van der Waals surface area contributed by atoms with E-state index in [1.54, 1.807) is 0 Å². The van der Waals surface area contributed by atoms with Gasteiger partial charge in [-0.25, -0.2) is 0 Å². The van der Waals surface area contributed by atoms with Gasteiger partial charge in [0.05, 0.1) is 26.4 Å². The van der Waals surface area contributed by atoms with Gasteiger partial charge in [0, 0.05) is 49.4 Å². The van der Waals surface area contributed by atoms with Gasteiger partial charge in [-0.05, 0) is 32.8 Å². The van der Waals surface area contributed by atoms with Gasteiger partial charge in [-0.2, -0.15) is 0 Å². The molecule has 4 aliphatic heterocycles. The minimum Gasteiger partial charge on any atom is -0.347 e. The van der Waals surface area contributed by atoms with Gasteiger partial charge >= 0.3 is 0 Å². The number of nitrogens with zero attached hydrogens (tertiary/aromatic N) is 1. The molecule has 4 aliphatic rings. The molecule has 202 valence electrons. The Balaban J connectivity index is 1.34. The van der Waals surface area contributed by atoms with Crippen molar-refractivity contribution in [2.24, 2.45) is 0 Å². The van der Waals surface area contributed by atoms with Crippen molar-refractivity contribution in [1.29, 1.82) is 0 Å². The molecule has 7 heteroatoms. The Morgan fingerprint density at radius 1 is 0.583 bits per heavy atom. The third-order valence-corrected chi connectivity index (χ3v) is 16.6. The summed E-state index contributed by atoms with van der Waals surface area (Å²) in [5.74, 6) is -0.766. The lowest BCUT2D eigenvalue weighted by atomic mass is 9.91. The van der Waals surface area contributed by atoms with E-state index in [1.807, 2.05) is 0 Å². The fourth-order valence-corrected chi connectivity index (χ4v) is 15.8. The topological polar surface area (TPSA) is 49.8 Å². The van der Waals surface area contributed by atoms with E-state index in [2.05, 4.69) is 73.6 Å². The van der Waals surface area contributed by atoms with Gasteiger partial charge in [-0.15, -0.1) is 0 Å². The van der Waals surface area contributed by atoms with E-state index in [9.17, 15) is 0 Å². The largest absolute Gasteiger partial charge is 0.347 e. The number of aromatic nitrogens is 1. The van der Waals surface area contributed by atoms with Gasteiger partial charge in [0.1, 0.15) is 0 Å². The second-order valence-corrected chi connectivity index (χ2v) is 21.2. The summed E-state index contributed by atoms with van der Waals surface area (Å²) in [5.41, 5.74) is 2.51. The monoisotopic (exact) mass is 535 g/mol. The molecule has 0 N–H and O–H groups in total. The van der Waals surface area contributed by atoms with Crippen LogP contribution in [0.2, 0.25) is 0 Å². The summed E-state index contributed by atoms with van der Waals surface area (Å²) in [6, 6.07) is 6.75. The molecular formula is C29H47NO4P2. The summed E-state index contributed by atoms with van der Waals surface area (Å²) in [7, 11) is -0.614. The zero-order valence-corrected chi connectivity index (χ0v) is 25.6. The summed E-state index contributed by atoms with van der Waals surface area (Å²) >= 11 is 0. The quantitative estimate of drug-likeness (QED) is 0.381. The van der Waals surface area contributed by atoms with Crippen LogP contribution in [0, 0.1) is 0 Å². The fraction of sp³-hybridized carbons (Fsp3) is 0.828. The first kappa shape index (κ1) is 27.4. The summed E-state index contributed by atoms with van der Waals surface area (Å²) in [5, 5.41) is 0.691. The zero-order chi connectivity index (χ0) is 26.0. The lowest BCUT2D eigenvalue weighted by molar-refractivity contribution is -0.179. The van der Waals surface area contributed by atoms with Crippen molar-refractivity contribution in [3.8, 4) is 0 Å². The van der Waals surface area contributed by atoms with E-state index in [0.717, 1.165) is 64.4 Å². The van der Waals surface area contributed by atoms with E-state index >= 15 is 0 Å². The third-order valence-electron chi connectivity index (χ3n) is 8.86. The summed E-state index contributed by atoms with van der Waals surface area (Å²) < 4.78 is 24.7. The van der Waals surface area contributed by atoms with E-state index in [1.165, 1.54) is 11.4 Å². The van der Waals surface area contributed by atoms with Crippen molar-refractivity contribution in [2.45, 2.75) is 126 Å². The van der Waals surface area contributed by atoms with E-state index in [-0.39, 0.29) is 48.0 Å². The van der Waals surface area contributed by atoms with Crippen LogP contribution in [0.15, 0.2) is 18.2 Å². The molecule has 0 amide bonds. The van der Waals surface area contributed by atoms with Crippen LogP contribution >= 0.6 is 15.8 Å². The van der Waals surface area contributed by atoms with Crippen LogP contribution in [0.4, 0.5) is 0 Å². The highest BCUT2D eigenvalue weighted by Crippen LogP contribution is 2.71. The van der Waals surface area contributed by atoms with Gasteiger partial charge < -0.3 is 18.9 Å². The van der Waals surface area contributed by atoms with Crippen molar-refractivity contribution in [3.05, 3.63) is 29.6 Å². The number of hydrogen-bond donors (Lipinski definition) is 0. The maximum atomic E-state index is 6.19. The van der Waals surface area contributed by atoms with Crippen LogP contribution in [-0.2, 0) is 31.3 Å². The highest BCUT2D eigenvalue weighted by atomic mass is 31.1. The highest BCUT2D eigenvalue weighted by molar-refractivity contribution is 7.60. The molecule has 1 aromatic rings. The van der Waals surface area contributed by atoms with Crippen LogP contribution < -0.4 is 0 Å². The number of hydrogen-bond acceptors (Lipinski definition) is 5. The maximum Gasteiger partial charge on any atom is 0.170 e. The molecule has 4 saturated heterocycles. The van der Waals surface area contributed by atoms with E-state index < -0.39 is 0 Å². The predicted molar refractivity (Wildman–Crippen MR) is 150 cm³/mol. The molecule has 5 heterocycles. The molecule has 2 spiro atoms. The Morgan fingerprint density at radius 3 is 1.19 bits per heavy atom. The average molecular weight is 536 g/mol. The minimum atomic E-state index is -0.383. The molecule has 0 aromatic carbocycles. The summed E-state index contributed by atoms with van der Waals surface area (Å²) in [6.07, 6.45) is 6.05. The smallest absolute Gasteiger partial charge is 0.170 e. The van der Waals surface area contributed by atoms with Gasteiger partial charge in [0.2, 0.25) is 0 Å². The molecule has 0 unspecified atom stereocenters. The first-order chi connectivity index (χ1) is 16.7. The first-order valence-corrected chi connectivity index (χ1v) is 16.8. The van der Waals surface area contributed by atoms with Crippen LogP contribution in [0.1, 0.15) is 92.5 Å². The van der Waals surface area contributed by atoms with E-state index in [4.69, 9.17) is 23.9 Å². The molecule has 0 bridgehead atoms. The van der Waals surface area contributed by atoms with Gasteiger partial charge in [-0.3, -0.25) is 4.98 Å². The third kappa shape index (κ3) is 5.20. The SMILES string of the molecule is CC1(C)CC2(CC(C)(C)P1Cc1cccc(CP3C(C)(C)CC4(CC3(C)C)OCCO4)n1)OCCO2. The van der Waals surface area contributed by atoms with Crippen LogP contribution in [-0.4, -0.2) is 63.6 Å². The molecule has 0 saturated carbocycles. The lowest BCUT2D eigenvalue weighted by Gasteiger charge is -2.55. The Bertz CT molecular complexity index is 851. The van der Waals surface area contributed by atoms with Crippen molar-refractivity contribution in [1.82, 2.24) is 4.98 Å². The van der Waals surface area contributed by atoms with Crippen LogP contribution in [0.3, 0.4) is 0 Å². The Kier molecular flexibility index (Phi) is 7.01. The minimum absolute atomic E-state index is 0.173. The molecule has 0 radical (unpaired) electrons. The van der Waals surface area contributed by atoms with Gasteiger partial charge in [-0.1, -0.05) is 77.3 Å². The number of pyridine rings is 1. The fourth-order valence-electron chi connectivity index (χ4n) is 8.07. The predicted octanol–water partition coefficient (Wildman–Crippen LogP) is 7.23. The van der Waals surface area contributed by atoms with Crippen LogP contribution in [0.5, 0.6) is 0 Å². The molecule has 0 atom stereocenters. The number of ether oxygens (including phenoxy) is 4.